The zero-order chi connectivity index (χ0) is 27.6. The number of piperidine rings is 1. The average Bonchev–Trinajstić information content (AvgIpc) is 3.00. The molecule has 0 spiro atoms. The van der Waals surface area contributed by atoms with Crippen LogP contribution in [0.5, 0.6) is 23.0 Å². The third-order valence-corrected chi connectivity index (χ3v) is 7.30. The quantitative estimate of drug-likeness (QED) is 0.339. The molecule has 0 aliphatic carbocycles. The second-order valence-corrected chi connectivity index (χ2v) is 10.8. The molecule has 0 amide bonds. The van der Waals surface area contributed by atoms with Crippen LogP contribution in [0.25, 0.3) is 0 Å². The Kier molecular flexibility index (Phi) is 13.8. The van der Waals surface area contributed by atoms with Crippen molar-refractivity contribution in [1.82, 2.24) is 15.3 Å². The Balaban J connectivity index is 0.000000281. The van der Waals surface area contributed by atoms with Crippen LogP contribution in [0.15, 0.2) is 103 Å². The molecule has 2 aromatic heterocycles. The number of nitrogens with one attached hydrogen (secondary N) is 1. The van der Waals surface area contributed by atoms with E-state index in [-0.39, 0.29) is 39.4 Å². The van der Waals surface area contributed by atoms with Gasteiger partial charge in [-0.05, 0) is 104 Å². The van der Waals surface area contributed by atoms with Gasteiger partial charge in [0.15, 0.2) is 0 Å². The summed E-state index contributed by atoms with van der Waals surface area (Å²) in [6.07, 6.45) is 11.7. The summed E-state index contributed by atoms with van der Waals surface area (Å²) in [6, 6.07) is 24.5. The van der Waals surface area contributed by atoms with Gasteiger partial charge < -0.3 is 16.2 Å². The van der Waals surface area contributed by atoms with E-state index >= 15 is 0 Å². The Labute approximate surface area is 275 Å². The molecule has 2 aromatic carbocycles. The van der Waals surface area contributed by atoms with E-state index in [1.165, 1.54) is 36.1 Å². The molecule has 6 rings (SSSR count). The summed E-state index contributed by atoms with van der Waals surface area (Å²) in [5.41, 5.74) is 3.66. The average molecular weight is 570 g/mol. The van der Waals surface area contributed by atoms with E-state index in [1.54, 1.807) is 24.8 Å². The summed E-state index contributed by atoms with van der Waals surface area (Å²) < 4.78 is 11.7. The second-order valence-electron chi connectivity index (χ2n) is 10.8. The topological polar surface area (TPSA) is 68.6 Å². The van der Waals surface area contributed by atoms with Crippen molar-refractivity contribution < 1.29 is 40.5 Å². The number of hydrogen-bond donors (Lipinski definition) is 1. The van der Waals surface area contributed by atoms with E-state index in [2.05, 4.69) is 64.5 Å². The van der Waals surface area contributed by atoms with Crippen molar-refractivity contribution in [1.29, 1.82) is 0 Å². The van der Waals surface area contributed by atoms with Crippen LogP contribution in [0.2, 0.25) is 0 Å². The summed E-state index contributed by atoms with van der Waals surface area (Å²) in [4.78, 5) is 12.8. The molecular formula is C34H39BN4NaO2. The van der Waals surface area contributed by atoms with Crippen LogP contribution in [-0.4, -0.2) is 37.2 Å². The molecule has 4 heterocycles. The number of rotatable bonds is 6. The van der Waals surface area contributed by atoms with E-state index in [0.717, 1.165) is 48.4 Å². The SMILES string of the molecule is C[C@H]1CCC(c2cccc(Oc3cccnc3)c2)=NC1.C[C@H]1CC[C@H](c2cccc(Oc3cccnc3)c2)NC1.[B].[H-].[Na+]. The van der Waals surface area contributed by atoms with Gasteiger partial charge in [0.2, 0.25) is 0 Å². The van der Waals surface area contributed by atoms with Crippen molar-refractivity contribution in [3.05, 3.63) is 109 Å². The maximum absolute atomic E-state index is 5.84. The molecule has 2 aliphatic rings. The summed E-state index contributed by atoms with van der Waals surface area (Å²) in [5.74, 6) is 4.71. The van der Waals surface area contributed by atoms with Crippen LogP contribution in [-0.2, 0) is 0 Å². The first-order valence-electron chi connectivity index (χ1n) is 14.3. The molecule has 2 aliphatic heterocycles. The standard InChI is InChI=1S/C17H20N2O.C17H18N2O.B.Na.H/c2*1-13-7-8-17(19-11-13)14-4-2-5-15(10-14)20-16-6-3-9-18-12-16;;;/h2-6,9-10,12-13,17,19H,7-8,11H2,1H3;2-6,9-10,12-13H,7-8,11H2,1H3;;;/q;;;+1;-1/t13-,17+;13-;;;/m00.../s1. The first-order chi connectivity index (χ1) is 19.6. The minimum atomic E-state index is 0. The van der Waals surface area contributed by atoms with E-state index in [9.17, 15) is 0 Å². The van der Waals surface area contributed by atoms with E-state index < -0.39 is 0 Å². The van der Waals surface area contributed by atoms with Crippen molar-refractivity contribution in [3.8, 4) is 23.0 Å². The molecule has 3 atom stereocenters. The summed E-state index contributed by atoms with van der Waals surface area (Å²) >= 11 is 0. The van der Waals surface area contributed by atoms with Gasteiger partial charge in [-0.15, -0.1) is 0 Å². The molecule has 0 bridgehead atoms. The number of benzene rings is 2. The summed E-state index contributed by atoms with van der Waals surface area (Å²) in [5, 5.41) is 3.61. The first kappa shape index (κ1) is 33.5. The van der Waals surface area contributed by atoms with Crippen molar-refractivity contribution in [2.24, 2.45) is 16.8 Å². The third-order valence-electron chi connectivity index (χ3n) is 7.30. The van der Waals surface area contributed by atoms with E-state index in [4.69, 9.17) is 9.47 Å². The predicted molar refractivity (Wildman–Crippen MR) is 167 cm³/mol. The number of aliphatic imine (C=N–C) groups is 1. The minimum Gasteiger partial charge on any atom is -1.00 e. The molecule has 8 heteroatoms. The maximum Gasteiger partial charge on any atom is 1.00 e. The Morgan fingerprint density at radius 2 is 1.38 bits per heavy atom. The molecule has 4 aromatic rings. The van der Waals surface area contributed by atoms with Gasteiger partial charge in [0.1, 0.15) is 23.0 Å². The van der Waals surface area contributed by atoms with Gasteiger partial charge in [0.25, 0.3) is 0 Å². The molecular weight excluding hydrogens is 530 g/mol. The van der Waals surface area contributed by atoms with Crippen molar-refractivity contribution in [2.45, 2.75) is 45.6 Å². The molecule has 42 heavy (non-hydrogen) atoms. The molecule has 211 valence electrons. The van der Waals surface area contributed by atoms with Crippen LogP contribution < -0.4 is 44.3 Å². The number of aromatic nitrogens is 2. The van der Waals surface area contributed by atoms with Crippen molar-refractivity contribution in [3.63, 3.8) is 0 Å². The molecule has 0 saturated carbocycles. The largest absolute Gasteiger partial charge is 1.00 e. The zero-order valence-corrected chi connectivity index (χ0v) is 26.9. The van der Waals surface area contributed by atoms with Gasteiger partial charge in [-0.2, -0.15) is 0 Å². The Hall–Kier alpha value is -2.97. The predicted octanol–water partition coefficient (Wildman–Crippen LogP) is 4.76. The normalized spacial score (nSPS) is 19.5. The van der Waals surface area contributed by atoms with E-state index in [0.29, 0.717) is 12.0 Å². The number of ether oxygens (including phenoxy) is 2. The van der Waals surface area contributed by atoms with E-state index in [1.807, 2.05) is 42.5 Å². The number of hydrogen-bond acceptors (Lipinski definition) is 6. The molecule has 1 fully saturated rings. The van der Waals surface area contributed by atoms with Crippen LogP contribution >= 0.6 is 0 Å². The van der Waals surface area contributed by atoms with Crippen LogP contribution in [0.4, 0.5) is 0 Å². The fourth-order valence-electron chi connectivity index (χ4n) is 4.96. The van der Waals surface area contributed by atoms with Gasteiger partial charge in [-0.3, -0.25) is 15.0 Å². The number of pyridine rings is 2. The molecule has 1 N–H and O–H groups in total. The van der Waals surface area contributed by atoms with Gasteiger partial charge in [-0.25, -0.2) is 0 Å². The fraction of sp³-hybridized carbons (Fsp3) is 0.324. The van der Waals surface area contributed by atoms with Crippen molar-refractivity contribution >= 4 is 14.1 Å². The van der Waals surface area contributed by atoms with Gasteiger partial charge in [-0.1, -0.05) is 38.1 Å². The fourth-order valence-corrected chi connectivity index (χ4v) is 4.96. The summed E-state index contributed by atoms with van der Waals surface area (Å²) in [7, 11) is 0. The van der Waals surface area contributed by atoms with Crippen LogP contribution in [0.1, 0.15) is 58.1 Å². The zero-order valence-electron chi connectivity index (χ0n) is 25.9. The Morgan fingerprint density at radius 3 is 1.95 bits per heavy atom. The summed E-state index contributed by atoms with van der Waals surface area (Å²) in [6.45, 7) is 6.58. The minimum absolute atomic E-state index is 0. The molecule has 0 unspecified atom stereocenters. The van der Waals surface area contributed by atoms with Gasteiger partial charge in [0, 0.05) is 39.1 Å². The third kappa shape index (κ3) is 10.1. The molecule has 6 nitrogen and oxygen atoms in total. The van der Waals surface area contributed by atoms with Crippen molar-refractivity contribution in [2.75, 3.05) is 13.1 Å². The smallest absolute Gasteiger partial charge is 1.00 e. The van der Waals surface area contributed by atoms with Gasteiger partial charge >= 0.3 is 29.6 Å². The maximum atomic E-state index is 5.84. The van der Waals surface area contributed by atoms with Crippen LogP contribution in [0, 0.1) is 11.8 Å². The van der Waals surface area contributed by atoms with Gasteiger partial charge in [0.05, 0.1) is 12.4 Å². The monoisotopic (exact) mass is 569 g/mol. The number of nitrogens with zero attached hydrogens (tertiary/aromatic N) is 3. The molecule has 1 saturated heterocycles. The van der Waals surface area contributed by atoms with Crippen LogP contribution in [0.3, 0.4) is 0 Å². The Bertz CT molecular complexity index is 1390. The second kappa shape index (κ2) is 17.2. The first-order valence-corrected chi connectivity index (χ1v) is 14.3. The molecule has 3 radical (unpaired) electrons. The Morgan fingerprint density at radius 1 is 0.738 bits per heavy atom.